The zero-order valence-corrected chi connectivity index (χ0v) is 9.35. The highest BCUT2D eigenvalue weighted by Crippen LogP contribution is 1.89. The van der Waals surface area contributed by atoms with Crippen molar-refractivity contribution < 1.29 is 17.9 Å². The van der Waals surface area contributed by atoms with Crippen LogP contribution in [0.5, 0.6) is 0 Å². The maximum absolute atomic E-state index is 11.2. The van der Waals surface area contributed by atoms with E-state index in [1.165, 1.54) is 14.0 Å². The monoisotopic (exact) mass is 224 g/mol. The smallest absolute Gasteiger partial charge is 0.323 e. The lowest BCUT2D eigenvalue weighted by Gasteiger charge is -2.12. The Morgan fingerprint density at radius 2 is 2.07 bits per heavy atom. The number of rotatable bonds is 6. The Morgan fingerprint density at radius 3 is 2.50 bits per heavy atom. The Morgan fingerprint density at radius 1 is 1.50 bits per heavy atom. The second-order valence-electron chi connectivity index (χ2n) is 2.76. The van der Waals surface area contributed by atoms with Gasteiger partial charge < -0.3 is 4.74 Å². The third-order valence-electron chi connectivity index (χ3n) is 1.43. The Labute approximate surface area is 84.2 Å². The predicted octanol–water partition coefficient (Wildman–Crippen LogP) is -0.618. The number of hydrogen-bond acceptors (Lipinski definition) is 4. The highest BCUT2D eigenvalue weighted by Gasteiger charge is 2.19. The van der Waals surface area contributed by atoms with Crippen molar-refractivity contribution >= 4 is 16.2 Å². The number of methoxy groups -OCH3 is 1. The second kappa shape index (κ2) is 5.94. The van der Waals surface area contributed by atoms with E-state index < -0.39 is 22.2 Å². The summed E-state index contributed by atoms with van der Waals surface area (Å²) in [7, 11) is -2.40. The summed E-state index contributed by atoms with van der Waals surface area (Å²) in [6, 6.07) is -0.880. The van der Waals surface area contributed by atoms with Crippen molar-refractivity contribution in [2.45, 2.75) is 26.3 Å². The molecule has 2 N–H and O–H groups in total. The quantitative estimate of drug-likeness (QED) is 0.589. The van der Waals surface area contributed by atoms with Crippen LogP contribution in [0.2, 0.25) is 0 Å². The summed E-state index contributed by atoms with van der Waals surface area (Å²) in [5.41, 5.74) is 0. The lowest BCUT2D eigenvalue weighted by Crippen LogP contribution is -2.45. The van der Waals surface area contributed by atoms with Gasteiger partial charge in [-0.1, -0.05) is 6.92 Å². The van der Waals surface area contributed by atoms with Gasteiger partial charge in [0.05, 0.1) is 7.11 Å². The summed E-state index contributed by atoms with van der Waals surface area (Å²) < 4.78 is 31.1. The van der Waals surface area contributed by atoms with Crippen LogP contribution in [-0.4, -0.2) is 34.1 Å². The van der Waals surface area contributed by atoms with E-state index in [1.807, 2.05) is 6.92 Å². The summed E-state index contributed by atoms with van der Waals surface area (Å²) in [5, 5.41) is 0. The Kier molecular flexibility index (Phi) is 5.66. The third-order valence-corrected chi connectivity index (χ3v) is 2.68. The van der Waals surface area contributed by atoms with Gasteiger partial charge in [-0.3, -0.25) is 4.79 Å². The van der Waals surface area contributed by atoms with Crippen molar-refractivity contribution in [1.29, 1.82) is 0 Å². The molecule has 6 nitrogen and oxygen atoms in total. The number of carbonyl (C=O) groups excluding carboxylic acids is 1. The van der Waals surface area contributed by atoms with Gasteiger partial charge in [0.15, 0.2) is 0 Å². The molecular formula is C7H16N2O4S. The van der Waals surface area contributed by atoms with Gasteiger partial charge in [-0.15, -0.1) is 0 Å². The van der Waals surface area contributed by atoms with E-state index in [9.17, 15) is 13.2 Å². The summed E-state index contributed by atoms with van der Waals surface area (Å²) in [6.07, 6.45) is 0.688. The summed E-state index contributed by atoms with van der Waals surface area (Å²) in [6.45, 7) is 3.59. The minimum absolute atomic E-state index is 0.337. The molecule has 0 aromatic rings. The highest BCUT2D eigenvalue weighted by molar-refractivity contribution is 7.87. The average molecular weight is 224 g/mol. The fraction of sp³-hybridized carbons (Fsp3) is 0.857. The molecule has 0 heterocycles. The fourth-order valence-corrected chi connectivity index (χ4v) is 1.85. The lowest BCUT2D eigenvalue weighted by atomic mass is 10.4. The zero-order chi connectivity index (χ0) is 11.2. The van der Waals surface area contributed by atoms with Crippen molar-refractivity contribution in [3.8, 4) is 0 Å². The first kappa shape index (κ1) is 13.3. The number of nitrogens with one attached hydrogen (secondary N) is 2. The minimum Gasteiger partial charge on any atom is -0.468 e. The van der Waals surface area contributed by atoms with Crippen LogP contribution in [0.1, 0.15) is 20.3 Å². The topological polar surface area (TPSA) is 84.5 Å². The molecule has 84 valence electrons. The van der Waals surface area contributed by atoms with E-state index in [0.29, 0.717) is 13.0 Å². The molecule has 0 aliphatic rings. The normalized spacial score (nSPS) is 13.6. The van der Waals surface area contributed by atoms with Crippen LogP contribution in [0, 0.1) is 0 Å². The number of ether oxygens (including phenoxy) is 1. The Hall–Kier alpha value is -0.660. The molecule has 0 bridgehead atoms. The number of hydrogen-bond donors (Lipinski definition) is 2. The first-order valence-electron chi connectivity index (χ1n) is 4.27. The van der Waals surface area contributed by atoms with Crippen molar-refractivity contribution in [1.82, 2.24) is 9.44 Å². The molecule has 0 aromatic heterocycles. The molecule has 0 spiro atoms. The standard InChI is InChI=1S/C7H16N2O4S/c1-4-5-8-14(11,12)9-6(2)7(10)13-3/h6,8-9H,4-5H2,1-3H3. The van der Waals surface area contributed by atoms with E-state index in [-0.39, 0.29) is 0 Å². The maximum atomic E-state index is 11.2. The van der Waals surface area contributed by atoms with Gasteiger partial charge in [-0.25, -0.2) is 4.72 Å². The lowest BCUT2D eigenvalue weighted by molar-refractivity contribution is -0.142. The molecule has 0 amide bonds. The molecule has 0 aliphatic carbocycles. The Bertz CT molecular complexity index is 275. The summed E-state index contributed by atoms with van der Waals surface area (Å²) in [5.74, 6) is -0.619. The molecular weight excluding hydrogens is 208 g/mol. The second-order valence-corrected chi connectivity index (χ2v) is 4.29. The van der Waals surface area contributed by atoms with Crippen LogP contribution in [-0.2, 0) is 19.7 Å². The summed E-state index contributed by atoms with van der Waals surface area (Å²) >= 11 is 0. The van der Waals surface area contributed by atoms with Crippen LogP contribution in [0.3, 0.4) is 0 Å². The largest absolute Gasteiger partial charge is 0.468 e. The Balaban J connectivity index is 4.15. The van der Waals surface area contributed by atoms with Crippen LogP contribution in [0.25, 0.3) is 0 Å². The molecule has 0 fully saturated rings. The molecule has 1 atom stereocenters. The molecule has 7 heteroatoms. The van der Waals surface area contributed by atoms with Crippen molar-refractivity contribution in [3.63, 3.8) is 0 Å². The third kappa shape index (κ3) is 5.15. The minimum atomic E-state index is -3.60. The SMILES string of the molecule is CCCNS(=O)(=O)NC(C)C(=O)OC. The zero-order valence-electron chi connectivity index (χ0n) is 8.53. The number of carbonyl (C=O) groups is 1. The molecule has 14 heavy (non-hydrogen) atoms. The van der Waals surface area contributed by atoms with E-state index in [0.717, 1.165) is 0 Å². The molecule has 0 saturated heterocycles. The fourth-order valence-electron chi connectivity index (χ4n) is 0.736. The van der Waals surface area contributed by atoms with Gasteiger partial charge in [0, 0.05) is 6.54 Å². The van der Waals surface area contributed by atoms with Crippen molar-refractivity contribution in [3.05, 3.63) is 0 Å². The van der Waals surface area contributed by atoms with Crippen LogP contribution >= 0.6 is 0 Å². The molecule has 0 aromatic carbocycles. The average Bonchev–Trinajstić information content (AvgIpc) is 2.12. The van der Waals surface area contributed by atoms with Crippen LogP contribution < -0.4 is 9.44 Å². The van der Waals surface area contributed by atoms with E-state index in [1.54, 1.807) is 0 Å². The van der Waals surface area contributed by atoms with Gasteiger partial charge in [-0.2, -0.15) is 13.1 Å². The molecule has 0 saturated carbocycles. The molecule has 0 radical (unpaired) electrons. The molecule has 0 rings (SSSR count). The maximum Gasteiger partial charge on any atom is 0.323 e. The van der Waals surface area contributed by atoms with Gasteiger partial charge in [0.25, 0.3) is 10.2 Å². The van der Waals surface area contributed by atoms with E-state index in [2.05, 4.69) is 14.2 Å². The van der Waals surface area contributed by atoms with Crippen LogP contribution in [0.4, 0.5) is 0 Å². The van der Waals surface area contributed by atoms with Gasteiger partial charge in [0.2, 0.25) is 0 Å². The first-order valence-corrected chi connectivity index (χ1v) is 5.76. The molecule has 0 aliphatic heterocycles. The van der Waals surface area contributed by atoms with E-state index in [4.69, 9.17) is 0 Å². The predicted molar refractivity (Wildman–Crippen MR) is 51.8 cm³/mol. The first-order chi connectivity index (χ1) is 6.43. The van der Waals surface area contributed by atoms with Crippen LogP contribution in [0.15, 0.2) is 0 Å². The van der Waals surface area contributed by atoms with Crippen molar-refractivity contribution in [2.75, 3.05) is 13.7 Å². The molecule has 1 unspecified atom stereocenters. The van der Waals surface area contributed by atoms with Gasteiger partial charge in [0.1, 0.15) is 6.04 Å². The summed E-state index contributed by atoms with van der Waals surface area (Å²) in [4.78, 5) is 10.9. The van der Waals surface area contributed by atoms with Crippen molar-refractivity contribution in [2.24, 2.45) is 0 Å². The van der Waals surface area contributed by atoms with Gasteiger partial charge in [-0.05, 0) is 13.3 Å². The van der Waals surface area contributed by atoms with E-state index >= 15 is 0 Å². The highest BCUT2D eigenvalue weighted by atomic mass is 32.2. The number of esters is 1. The van der Waals surface area contributed by atoms with Gasteiger partial charge >= 0.3 is 5.97 Å².